The predicted molar refractivity (Wildman–Crippen MR) is 119 cm³/mol. The highest BCUT2D eigenvalue weighted by Gasteiger charge is 2.47. The van der Waals surface area contributed by atoms with Crippen LogP contribution in [0, 0.1) is 22.0 Å². The van der Waals surface area contributed by atoms with Gasteiger partial charge in [0.2, 0.25) is 0 Å². The molecular formula is C23H25ClN2O7. The second-order valence-corrected chi connectivity index (χ2v) is 8.55. The number of rotatable bonds is 6. The van der Waals surface area contributed by atoms with Gasteiger partial charge >= 0.3 is 11.9 Å². The van der Waals surface area contributed by atoms with Crippen molar-refractivity contribution in [1.29, 1.82) is 0 Å². The van der Waals surface area contributed by atoms with Crippen LogP contribution in [0.15, 0.2) is 40.7 Å². The molecule has 0 radical (unpaired) electrons. The first-order valence-electron chi connectivity index (χ1n) is 10.6. The van der Waals surface area contributed by atoms with Crippen LogP contribution in [0.25, 0.3) is 0 Å². The molecule has 1 heterocycles. The molecule has 0 bridgehead atoms. The number of hydrogen-bond donors (Lipinski definition) is 1. The molecule has 0 saturated carbocycles. The number of ketones is 1. The molecular weight excluding hydrogens is 452 g/mol. The summed E-state index contributed by atoms with van der Waals surface area (Å²) in [5, 5.41) is 14.6. The lowest BCUT2D eigenvalue weighted by Gasteiger charge is -2.38. The summed E-state index contributed by atoms with van der Waals surface area (Å²) >= 11 is 6.00. The molecule has 10 heteroatoms. The number of nitro benzene ring substituents is 1. The molecule has 9 nitrogen and oxygen atoms in total. The van der Waals surface area contributed by atoms with E-state index in [-0.39, 0.29) is 34.4 Å². The quantitative estimate of drug-likeness (QED) is 0.284. The monoisotopic (exact) mass is 476 g/mol. The van der Waals surface area contributed by atoms with Gasteiger partial charge in [-0.25, -0.2) is 4.79 Å². The Bertz CT molecular complexity index is 1090. The summed E-state index contributed by atoms with van der Waals surface area (Å²) in [6.45, 7) is 5.48. The number of Topliss-reactive ketones (excluding diaryl/α,β-unsaturated/α-hetero) is 1. The fourth-order valence-corrected chi connectivity index (χ4v) is 4.59. The minimum absolute atomic E-state index is 0.0706. The maximum Gasteiger partial charge on any atom is 0.336 e. The van der Waals surface area contributed by atoms with Crippen LogP contribution < -0.4 is 5.32 Å². The zero-order chi connectivity index (χ0) is 24.4. The van der Waals surface area contributed by atoms with Crippen LogP contribution in [-0.4, -0.2) is 36.4 Å². The zero-order valence-electron chi connectivity index (χ0n) is 18.8. The average molecular weight is 477 g/mol. The lowest BCUT2D eigenvalue weighted by Crippen LogP contribution is -2.43. The van der Waals surface area contributed by atoms with E-state index >= 15 is 0 Å². The van der Waals surface area contributed by atoms with Crippen molar-refractivity contribution < 1.29 is 28.8 Å². The van der Waals surface area contributed by atoms with E-state index in [4.69, 9.17) is 21.1 Å². The number of nitrogens with one attached hydrogen (secondary N) is 1. The van der Waals surface area contributed by atoms with E-state index in [2.05, 4.69) is 5.32 Å². The van der Waals surface area contributed by atoms with Gasteiger partial charge in [0.15, 0.2) is 5.78 Å². The third-order valence-corrected chi connectivity index (χ3v) is 6.22. The number of carbonyl (C=O) groups is 3. The lowest BCUT2D eigenvalue weighted by molar-refractivity contribution is -0.384. The topological polar surface area (TPSA) is 125 Å². The number of allylic oxidation sites excluding steroid dienone is 3. The number of hydrogen-bond acceptors (Lipinski definition) is 8. The third kappa shape index (κ3) is 4.50. The average Bonchev–Trinajstić information content (AvgIpc) is 2.76. The molecule has 1 N–H and O–H groups in total. The first-order valence-corrected chi connectivity index (χ1v) is 10.9. The van der Waals surface area contributed by atoms with Gasteiger partial charge < -0.3 is 14.8 Å². The Morgan fingerprint density at radius 3 is 2.64 bits per heavy atom. The standard InChI is InChI=1S/C23H25ClN2O7/c1-5-8-33-23(29)18-12(3)25-15-9-11(2)17(22(28)32-4)21(27)20(15)19(18)13-6-7-14(24)16(10-13)26(30)31/h6-7,10-11,17,19,25H,5,8-9H2,1-4H3/t11-,17-,19-/m1/s1. The SMILES string of the molecule is CCCOC(=O)C1=C(C)NC2=C(C(=O)[C@H](C(=O)OC)[C@H](C)C2)[C@@H]1c1ccc(Cl)c([N+](=O)[O-])c1. The van der Waals surface area contributed by atoms with Crippen molar-refractivity contribution in [3.63, 3.8) is 0 Å². The normalized spacial score (nSPS) is 22.5. The molecule has 1 aliphatic carbocycles. The van der Waals surface area contributed by atoms with Gasteiger partial charge in [-0.1, -0.05) is 31.5 Å². The molecule has 0 saturated heterocycles. The van der Waals surface area contributed by atoms with Gasteiger partial charge in [-0.3, -0.25) is 19.7 Å². The van der Waals surface area contributed by atoms with Crippen LogP contribution in [0.5, 0.6) is 0 Å². The third-order valence-electron chi connectivity index (χ3n) is 5.90. The summed E-state index contributed by atoms with van der Waals surface area (Å²) in [4.78, 5) is 49.9. The van der Waals surface area contributed by atoms with E-state index in [0.717, 1.165) is 0 Å². The largest absolute Gasteiger partial charge is 0.468 e. The Morgan fingerprint density at radius 1 is 1.33 bits per heavy atom. The predicted octanol–water partition coefficient (Wildman–Crippen LogP) is 3.81. The van der Waals surface area contributed by atoms with Crippen molar-refractivity contribution in [3.8, 4) is 0 Å². The molecule has 0 unspecified atom stereocenters. The number of ether oxygens (including phenoxy) is 2. The molecule has 0 aromatic heterocycles. The Morgan fingerprint density at radius 2 is 2.03 bits per heavy atom. The maximum atomic E-state index is 13.6. The summed E-state index contributed by atoms with van der Waals surface area (Å²) < 4.78 is 10.2. The van der Waals surface area contributed by atoms with Crippen molar-refractivity contribution in [3.05, 3.63) is 61.4 Å². The second kappa shape index (κ2) is 9.74. The number of carbonyl (C=O) groups excluding carboxylic acids is 3. The highest BCUT2D eigenvalue weighted by Crippen LogP contribution is 2.46. The van der Waals surface area contributed by atoms with Crippen LogP contribution >= 0.6 is 11.6 Å². The van der Waals surface area contributed by atoms with E-state index in [0.29, 0.717) is 29.8 Å². The van der Waals surface area contributed by atoms with E-state index in [1.807, 2.05) is 6.92 Å². The molecule has 176 valence electrons. The van der Waals surface area contributed by atoms with Crippen molar-refractivity contribution in [2.45, 2.75) is 39.5 Å². The summed E-state index contributed by atoms with van der Waals surface area (Å²) in [7, 11) is 1.21. The smallest absolute Gasteiger partial charge is 0.336 e. The minimum Gasteiger partial charge on any atom is -0.468 e. The number of esters is 2. The number of benzene rings is 1. The number of dihydropyridines is 1. The number of methoxy groups -OCH3 is 1. The fraction of sp³-hybridized carbons (Fsp3) is 0.435. The molecule has 2 aliphatic rings. The van der Waals surface area contributed by atoms with Crippen LogP contribution in [0.3, 0.4) is 0 Å². The zero-order valence-corrected chi connectivity index (χ0v) is 19.5. The van der Waals surface area contributed by atoms with Gasteiger partial charge in [0.05, 0.1) is 24.2 Å². The highest BCUT2D eigenvalue weighted by atomic mass is 35.5. The first kappa shape index (κ1) is 24.4. The van der Waals surface area contributed by atoms with Gasteiger partial charge in [-0.05, 0) is 37.3 Å². The molecule has 0 amide bonds. The number of nitro groups is 1. The molecule has 1 aromatic carbocycles. The van der Waals surface area contributed by atoms with Gasteiger partial charge in [0.25, 0.3) is 5.69 Å². The lowest BCUT2D eigenvalue weighted by atomic mass is 9.69. The molecule has 33 heavy (non-hydrogen) atoms. The van der Waals surface area contributed by atoms with E-state index < -0.39 is 34.5 Å². The maximum absolute atomic E-state index is 13.6. The highest BCUT2D eigenvalue weighted by molar-refractivity contribution is 6.32. The molecule has 0 fully saturated rings. The van der Waals surface area contributed by atoms with Crippen LogP contribution in [-0.2, 0) is 23.9 Å². The Labute approximate surface area is 195 Å². The fourth-order valence-electron chi connectivity index (χ4n) is 4.41. The molecule has 3 rings (SSSR count). The second-order valence-electron chi connectivity index (χ2n) is 8.14. The van der Waals surface area contributed by atoms with Gasteiger partial charge in [-0.2, -0.15) is 0 Å². The first-order chi connectivity index (χ1) is 15.6. The summed E-state index contributed by atoms with van der Waals surface area (Å²) in [5.41, 5.74) is 1.39. The van der Waals surface area contributed by atoms with Crippen molar-refractivity contribution in [1.82, 2.24) is 5.32 Å². The van der Waals surface area contributed by atoms with Gasteiger partial charge in [0.1, 0.15) is 10.9 Å². The summed E-state index contributed by atoms with van der Waals surface area (Å²) in [6, 6.07) is 4.14. The van der Waals surface area contributed by atoms with Crippen LogP contribution in [0.2, 0.25) is 5.02 Å². The molecule has 1 aliphatic heterocycles. The number of nitrogens with zero attached hydrogens (tertiary/aromatic N) is 1. The minimum atomic E-state index is -1.05. The Balaban J connectivity index is 2.23. The van der Waals surface area contributed by atoms with E-state index in [1.165, 1.54) is 25.3 Å². The van der Waals surface area contributed by atoms with Crippen molar-refractivity contribution >= 4 is 35.0 Å². The van der Waals surface area contributed by atoms with Gasteiger partial charge in [0, 0.05) is 29.0 Å². The number of halogens is 1. The Kier molecular flexibility index (Phi) is 7.22. The van der Waals surface area contributed by atoms with Gasteiger partial charge in [-0.15, -0.1) is 0 Å². The van der Waals surface area contributed by atoms with Crippen molar-refractivity contribution in [2.75, 3.05) is 13.7 Å². The van der Waals surface area contributed by atoms with E-state index in [9.17, 15) is 24.5 Å². The molecule has 1 aromatic rings. The molecule has 0 spiro atoms. The van der Waals surface area contributed by atoms with E-state index in [1.54, 1.807) is 13.8 Å². The summed E-state index contributed by atoms with van der Waals surface area (Å²) in [6.07, 6.45) is 0.957. The van der Waals surface area contributed by atoms with Crippen molar-refractivity contribution in [2.24, 2.45) is 11.8 Å². The molecule has 3 atom stereocenters. The summed E-state index contributed by atoms with van der Waals surface area (Å²) in [5.74, 6) is -4.14. The van der Waals surface area contributed by atoms with Crippen LogP contribution in [0.1, 0.15) is 45.1 Å². The Hall–Kier alpha value is -3.20. The van der Waals surface area contributed by atoms with Crippen LogP contribution in [0.4, 0.5) is 5.69 Å².